The predicted molar refractivity (Wildman–Crippen MR) is 72.7 cm³/mol. The van der Waals surface area contributed by atoms with E-state index in [9.17, 15) is 9.59 Å². The van der Waals surface area contributed by atoms with Crippen LogP contribution >= 0.6 is 0 Å². The maximum atomic E-state index is 12.1. The number of amides is 2. The van der Waals surface area contributed by atoms with E-state index < -0.39 is 5.60 Å². The number of hydrogen-bond acceptors (Lipinski definition) is 4. The van der Waals surface area contributed by atoms with E-state index in [0.717, 1.165) is 6.42 Å². The van der Waals surface area contributed by atoms with Gasteiger partial charge in [-0.25, -0.2) is 4.79 Å². The van der Waals surface area contributed by atoms with E-state index in [1.807, 2.05) is 27.7 Å². The van der Waals surface area contributed by atoms with E-state index in [-0.39, 0.29) is 24.6 Å². The minimum Gasteiger partial charge on any atom is -0.444 e. The molecule has 1 rings (SSSR count). The Morgan fingerprint density at radius 1 is 1.42 bits per heavy atom. The van der Waals surface area contributed by atoms with Gasteiger partial charge < -0.3 is 20.3 Å². The van der Waals surface area contributed by atoms with Gasteiger partial charge in [0.25, 0.3) is 0 Å². The molecule has 0 bridgehead atoms. The highest BCUT2D eigenvalue weighted by Crippen LogP contribution is 2.18. The van der Waals surface area contributed by atoms with Crippen LogP contribution in [-0.2, 0) is 9.53 Å². The van der Waals surface area contributed by atoms with Crippen molar-refractivity contribution in [2.75, 3.05) is 26.2 Å². The zero-order valence-corrected chi connectivity index (χ0v) is 12.3. The lowest BCUT2D eigenvalue weighted by molar-refractivity contribution is -0.128. The first kappa shape index (κ1) is 15.8. The Labute approximate surface area is 114 Å². The molecule has 2 N–H and O–H groups in total. The molecule has 2 amide bonds. The monoisotopic (exact) mass is 271 g/mol. The zero-order chi connectivity index (χ0) is 14.6. The summed E-state index contributed by atoms with van der Waals surface area (Å²) in [5.74, 6) is -0.0669. The third-order valence-corrected chi connectivity index (χ3v) is 3.10. The summed E-state index contributed by atoms with van der Waals surface area (Å²) in [6, 6.07) is 0.0235. The third kappa shape index (κ3) is 4.38. The summed E-state index contributed by atoms with van der Waals surface area (Å²) in [6.45, 7) is 9.24. The van der Waals surface area contributed by atoms with Gasteiger partial charge in [0.05, 0.1) is 12.6 Å². The van der Waals surface area contributed by atoms with Crippen molar-refractivity contribution in [3.63, 3.8) is 0 Å². The SMILES string of the molecule is CCN(C(=O)OC(C)(C)C)[C@@H]1CCN(C(=O)CN)C1. The van der Waals surface area contributed by atoms with Gasteiger partial charge in [0.2, 0.25) is 5.91 Å². The van der Waals surface area contributed by atoms with E-state index in [1.54, 1.807) is 9.80 Å². The molecule has 0 saturated carbocycles. The number of ether oxygens (including phenoxy) is 1. The molecular weight excluding hydrogens is 246 g/mol. The fourth-order valence-electron chi connectivity index (χ4n) is 2.21. The van der Waals surface area contributed by atoms with Crippen LogP contribution in [0.15, 0.2) is 0 Å². The molecule has 0 aromatic rings. The quantitative estimate of drug-likeness (QED) is 0.824. The lowest BCUT2D eigenvalue weighted by Crippen LogP contribution is -2.45. The number of likely N-dealkylation sites (tertiary alicyclic amines) is 1. The summed E-state index contributed by atoms with van der Waals surface area (Å²) >= 11 is 0. The van der Waals surface area contributed by atoms with Crippen LogP contribution in [0.3, 0.4) is 0 Å². The Bertz CT molecular complexity index is 339. The van der Waals surface area contributed by atoms with Gasteiger partial charge in [-0.05, 0) is 34.1 Å². The molecule has 1 fully saturated rings. The molecule has 6 nitrogen and oxygen atoms in total. The Balaban J connectivity index is 2.62. The van der Waals surface area contributed by atoms with Crippen LogP contribution in [0.1, 0.15) is 34.1 Å². The first-order valence-corrected chi connectivity index (χ1v) is 6.76. The zero-order valence-electron chi connectivity index (χ0n) is 12.3. The van der Waals surface area contributed by atoms with Crippen molar-refractivity contribution in [2.24, 2.45) is 5.73 Å². The highest BCUT2D eigenvalue weighted by molar-refractivity contribution is 5.78. The molecule has 110 valence electrons. The highest BCUT2D eigenvalue weighted by atomic mass is 16.6. The minimum absolute atomic E-state index is 0.0191. The van der Waals surface area contributed by atoms with Crippen LogP contribution in [0.4, 0.5) is 4.79 Å². The maximum Gasteiger partial charge on any atom is 0.410 e. The van der Waals surface area contributed by atoms with Crippen LogP contribution in [0, 0.1) is 0 Å². The van der Waals surface area contributed by atoms with Crippen molar-refractivity contribution in [2.45, 2.75) is 45.8 Å². The largest absolute Gasteiger partial charge is 0.444 e. The van der Waals surface area contributed by atoms with Crippen LogP contribution in [0.25, 0.3) is 0 Å². The topological polar surface area (TPSA) is 75.9 Å². The lowest BCUT2D eigenvalue weighted by Gasteiger charge is -2.30. The smallest absolute Gasteiger partial charge is 0.410 e. The molecule has 1 saturated heterocycles. The van der Waals surface area contributed by atoms with Gasteiger partial charge >= 0.3 is 6.09 Å². The fourth-order valence-corrected chi connectivity index (χ4v) is 2.21. The molecule has 1 aliphatic heterocycles. The fraction of sp³-hybridized carbons (Fsp3) is 0.846. The van der Waals surface area contributed by atoms with Crippen molar-refractivity contribution in [3.8, 4) is 0 Å². The van der Waals surface area contributed by atoms with Crippen LogP contribution in [0.5, 0.6) is 0 Å². The normalized spacial score (nSPS) is 19.4. The molecule has 0 radical (unpaired) electrons. The summed E-state index contributed by atoms with van der Waals surface area (Å²) in [5, 5.41) is 0. The number of carbonyl (C=O) groups excluding carboxylic acids is 2. The summed E-state index contributed by atoms with van der Waals surface area (Å²) in [6.07, 6.45) is 0.459. The highest BCUT2D eigenvalue weighted by Gasteiger charge is 2.33. The van der Waals surface area contributed by atoms with Gasteiger partial charge in [0, 0.05) is 19.6 Å². The second kappa shape index (κ2) is 6.23. The van der Waals surface area contributed by atoms with E-state index in [1.165, 1.54) is 0 Å². The van der Waals surface area contributed by atoms with Crippen LogP contribution < -0.4 is 5.73 Å². The van der Waals surface area contributed by atoms with Gasteiger partial charge in [0.1, 0.15) is 5.60 Å². The van der Waals surface area contributed by atoms with Crippen LogP contribution in [0.2, 0.25) is 0 Å². The Morgan fingerprint density at radius 3 is 2.53 bits per heavy atom. The van der Waals surface area contributed by atoms with Gasteiger partial charge in [-0.2, -0.15) is 0 Å². The maximum absolute atomic E-state index is 12.1. The molecule has 0 aliphatic carbocycles. The van der Waals surface area contributed by atoms with Crippen molar-refractivity contribution in [3.05, 3.63) is 0 Å². The molecular formula is C13H25N3O3. The predicted octanol–water partition coefficient (Wildman–Crippen LogP) is 0.803. The molecule has 19 heavy (non-hydrogen) atoms. The second-order valence-corrected chi connectivity index (χ2v) is 5.75. The third-order valence-electron chi connectivity index (χ3n) is 3.10. The first-order valence-electron chi connectivity index (χ1n) is 6.76. The number of likely N-dealkylation sites (N-methyl/N-ethyl adjacent to an activating group) is 1. The number of rotatable bonds is 3. The molecule has 6 heteroatoms. The number of hydrogen-bond donors (Lipinski definition) is 1. The number of nitrogens with two attached hydrogens (primary N) is 1. The summed E-state index contributed by atoms with van der Waals surface area (Å²) in [5.41, 5.74) is 4.85. The van der Waals surface area contributed by atoms with Gasteiger partial charge in [-0.1, -0.05) is 0 Å². The Morgan fingerprint density at radius 2 is 2.05 bits per heavy atom. The number of carbonyl (C=O) groups is 2. The van der Waals surface area contributed by atoms with Crippen molar-refractivity contribution in [1.82, 2.24) is 9.80 Å². The van der Waals surface area contributed by atoms with E-state index >= 15 is 0 Å². The molecule has 0 unspecified atom stereocenters. The van der Waals surface area contributed by atoms with E-state index in [0.29, 0.717) is 19.6 Å². The first-order chi connectivity index (χ1) is 8.78. The van der Waals surface area contributed by atoms with Gasteiger partial charge in [-0.3, -0.25) is 4.79 Å². The molecule has 1 heterocycles. The molecule has 0 spiro atoms. The van der Waals surface area contributed by atoms with E-state index in [2.05, 4.69) is 0 Å². The lowest BCUT2D eigenvalue weighted by atomic mass is 10.2. The van der Waals surface area contributed by atoms with E-state index in [4.69, 9.17) is 10.5 Å². The molecule has 0 aromatic heterocycles. The summed E-state index contributed by atoms with van der Waals surface area (Å²) in [4.78, 5) is 27.0. The second-order valence-electron chi connectivity index (χ2n) is 5.75. The average molecular weight is 271 g/mol. The molecule has 1 aliphatic rings. The Kier molecular flexibility index (Phi) is 5.17. The standard InChI is InChI=1S/C13H25N3O3/c1-5-16(12(18)19-13(2,3)4)10-6-7-15(9-10)11(17)8-14/h10H,5-9,14H2,1-4H3/t10-/m1/s1. The van der Waals surface area contributed by atoms with Crippen molar-refractivity contribution in [1.29, 1.82) is 0 Å². The number of nitrogens with zero attached hydrogens (tertiary/aromatic N) is 2. The van der Waals surface area contributed by atoms with Crippen molar-refractivity contribution < 1.29 is 14.3 Å². The van der Waals surface area contributed by atoms with Gasteiger partial charge in [0.15, 0.2) is 0 Å². The Hall–Kier alpha value is -1.30. The van der Waals surface area contributed by atoms with Crippen LogP contribution in [-0.4, -0.2) is 59.6 Å². The molecule has 1 atom stereocenters. The summed E-state index contributed by atoms with van der Waals surface area (Å²) in [7, 11) is 0. The van der Waals surface area contributed by atoms with Gasteiger partial charge in [-0.15, -0.1) is 0 Å². The summed E-state index contributed by atoms with van der Waals surface area (Å²) < 4.78 is 5.38. The molecule has 0 aromatic carbocycles. The minimum atomic E-state index is -0.504. The van der Waals surface area contributed by atoms with Crippen molar-refractivity contribution >= 4 is 12.0 Å². The average Bonchev–Trinajstić information content (AvgIpc) is 2.76.